The van der Waals surface area contributed by atoms with Crippen molar-refractivity contribution >= 4 is 40.5 Å². The van der Waals surface area contributed by atoms with Crippen LogP contribution in [0.1, 0.15) is 27.2 Å². The second-order valence-corrected chi connectivity index (χ2v) is 8.38. The molecule has 0 fully saturated rings. The Hall–Kier alpha value is -2.51. The van der Waals surface area contributed by atoms with Crippen LogP contribution in [0, 0.1) is 19.7 Å². The van der Waals surface area contributed by atoms with Crippen LogP contribution in [0.25, 0.3) is 0 Å². The second-order valence-electron chi connectivity index (χ2n) is 6.30. The molecule has 1 N–H and O–H groups in total. The van der Waals surface area contributed by atoms with E-state index in [4.69, 9.17) is 0 Å². The van der Waals surface area contributed by atoms with Crippen LogP contribution in [0.5, 0.6) is 0 Å². The van der Waals surface area contributed by atoms with Crippen LogP contribution in [0.15, 0.2) is 52.2 Å². The Morgan fingerprint density at radius 2 is 1.89 bits per heavy atom. The van der Waals surface area contributed by atoms with Crippen molar-refractivity contribution in [1.82, 2.24) is 4.98 Å². The zero-order chi connectivity index (χ0) is 20.1. The number of carbonyl (C=O) groups excluding carboxylic acids is 2. The van der Waals surface area contributed by atoms with Crippen molar-refractivity contribution in [2.75, 3.05) is 11.1 Å². The van der Waals surface area contributed by atoms with Gasteiger partial charge in [0.05, 0.1) is 17.9 Å². The third-order valence-corrected chi connectivity index (χ3v) is 6.31. The molecule has 3 rings (SSSR count). The van der Waals surface area contributed by atoms with E-state index < -0.39 is 0 Å². The van der Waals surface area contributed by atoms with E-state index >= 15 is 0 Å². The standard InChI is InChI=1S/C21H19FN2O2S2/c1-13-4-3-5-18(14(13)2)24-20(26)10-17-11-27-21(23-17)28-12-19(25)15-6-8-16(22)9-7-15/h3-9,11H,10,12H2,1-2H3,(H,24,26). The number of nitrogens with one attached hydrogen (secondary N) is 1. The molecule has 1 amide bonds. The summed E-state index contributed by atoms with van der Waals surface area (Å²) in [5, 5.41) is 4.75. The number of ketones is 1. The van der Waals surface area contributed by atoms with Gasteiger partial charge in [0.25, 0.3) is 0 Å². The summed E-state index contributed by atoms with van der Waals surface area (Å²) in [4.78, 5) is 28.9. The zero-order valence-corrected chi connectivity index (χ0v) is 17.1. The second kappa shape index (κ2) is 9.12. The number of carbonyl (C=O) groups is 2. The zero-order valence-electron chi connectivity index (χ0n) is 15.5. The number of Topliss-reactive ketones (excluding diaryl/α,β-unsaturated/α-hetero) is 1. The summed E-state index contributed by atoms with van der Waals surface area (Å²) in [6.07, 6.45) is 0.177. The summed E-state index contributed by atoms with van der Waals surface area (Å²) in [5.74, 6) is -0.368. The molecule has 7 heteroatoms. The van der Waals surface area contributed by atoms with Gasteiger partial charge in [0.15, 0.2) is 10.1 Å². The maximum absolute atomic E-state index is 12.9. The number of rotatable bonds is 7. The maximum atomic E-state index is 12.9. The van der Waals surface area contributed by atoms with Crippen molar-refractivity contribution < 1.29 is 14.0 Å². The van der Waals surface area contributed by atoms with Gasteiger partial charge in [-0.1, -0.05) is 23.9 Å². The van der Waals surface area contributed by atoms with Gasteiger partial charge in [0.2, 0.25) is 5.91 Å². The van der Waals surface area contributed by atoms with Crippen LogP contribution in [0.3, 0.4) is 0 Å². The third-order valence-electron chi connectivity index (χ3n) is 4.24. The van der Waals surface area contributed by atoms with E-state index in [-0.39, 0.29) is 29.7 Å². The monoisotopic (exact) mass is 414 g/mol. The molecule has 4 nitrogen and oxygen atoms in total. The molecule has 0 radical (unpaired) electrons. The van der Waals surface area contributed by atoms with Gasteiger partial charge in [-0.05, 0) is 55.3 Å². The Balaban J connectivity index is 1.53. The lowest BCUT2D eigenvalue weighted by molar-refractivity contribution is -0.115. The van der Waals surface area contributed by atoms with Crippen molar-refractivity contribution in [3.05, 3.63) is 76.0 Å². The first-order chi connectivity index (χ1) is 13.4. The molecule has 0 aliphatic carbocycles. The maximum Gasteiger partial charge on any atom is 0.230 e. The van der Waals surface area contributed by atoms with E-state index in [1.54, 1.807) is 0 Å². The number of thiazole rings is 1. The van der Waals surface area contributed by atoms with Crippen molar-refractivity contribution in [3.63, 3.8) is 0 Å². The highest BCUT2D eigenvalue weighted by Crippen LogP contribution is 2.24. The third kappa shape index (κ3) is 5.27. The first kappa shape index (κ1) is 20.2. The molecule has 2 aromatic carbocycles. The van der Waals surface area contributed by atoms with Crippen molar-refractivity contribution in [2.24, 2.45) is 0 Å². The number of aromatic nitrogens is 1. The fourth-order valence-electron chi connectivity index (χ4n) is 2.53. The van der Waals surface area contributed by atoms with Gasteiger partial charge in [0, 0.05) is 16.6 Å². The van der Waals surface area contributed by atoms with Gasteiger partial charge in [0.1, 0.15) is 5.82 Å². The minimum atomic E-state index is -0.368. The summed E-state index contributed by atoms with van der Waals surface area (Å²) in [7, 11) is 0. The van der Waals surface area contributed by atoms with E-state index in [0.29, 0.717) is 11.3 Å². The molecule has 1 heterocycles. The summed E-state index contributed by atoms with van der Waals surface area (Å²) in [5.41, 5.74) is 4.11. The van der Waals surface area contributed by atoms with Gasteiger partial charge in [-0.25, -0.2) is 9.37 Å². The van der Waals surface area contributed by atoms with Crippen molar-refractivity contribution in [3.8, 4) is 0 Å². The number of anilines is 1. The highest BCUT2D eigenvalue weighted by molar-refractivity contribution is 8.01. The summed E-state index contributed by atoms with van der Waals surface area (Å²) in [6.45, 7) is 3.98. The molecule has 28 heavy (non-hydrogen) atoms. The highest BCUT2D eigenvalue weighted by atomic mass is 32.2. The molecule has 0 unspecified atom stereocenters. The van der Waals surface area contributed by atoms with Crippen LogP contribution in [0.4, 0.5) is 10.1 Å². The van der Waals surface area contributed by atoms with Gasteiger partial charge in [-0.3, -0.25) is 9.59 Å². The summed E-state index contributed by atoms with van der Waals surface area (Å²) >= 11 is 2.72. The van der Waals surface area contributed by atoms with Crippen LogP contribution in [-0.2, 0) is 11.2 Å². The lowest BCUT2D eigenvalue weighted by Crippen LogP contribution is -2.15. The Kier molecular flexibility index (Phi) is 6.59. The first-order valence-corrected chi connectivity index (χ1v) is 10.5. The molecule has 0 spiro atoms. The molecular formula is C21H19FN2O2S2. The molecule has 0 saturated heterocycles. The predicted octanol–water partition coefficient (Wildman–Crippen LogP) is 5.06. The SMILES string of the molecule is Cc1cccc(NC(=O)Cc2csc(SCC(=O)c3ccc(F)cc3)n2)c1C. The molecule has 0 aliphatic heterocycles. The highest BCUT2D eigenvalue weighted by Gasteiger charge is 2.12. The fraction of sp³-hybridized carbons (Fsp3) is 0.190. The fourth-order valence-corrected chi connectivity index (χ4v) is 4.27. The van der Waals surface area contributed by atoms with Crippen molar-refractivity contribution in [1.29, 1.82) is 0 Å². The van der Waals surface area contributed by atoms with Gasteiger partial charge < -0.3 is 5.32 Å². The topological polar surface area (TPSA) is 59.1 Å². The Bertz CT molecular complexity index is 1000. The minimum Gasteiger partial charge on any atom is -0.325 e. The number of hydrogen-bond acceptors (Lipinski definition) is 5. The van der Waals surface area contributed by atoms with Gasteiger partial charge in [-0.15, -0.1) is 11.3 Å². The van der Waals surface area contributed by atoms with Crippen LogP contribution in [0.2, 0.25) is 0 Å². The minimum absolute atomic E-state index is 0.0885. The molecule has 0 saturated carbocycles. The predicted molar refractivity (Wildman–Crippen MR) is 112 cm³/mol. The Morgan fingerprint density at radius 3 is 2.64 bits per heavy atom. The number of halogens is 1. The van der Waals surface area contributed by atoms with E-state index in [1.807, 2.05) is 37.4 Å². The van der Waals surface area contributed by atoms with E-state index in [9.17, 15) is 14.0 Å². The van der Waals surface area contributed by atoms with Gasteiger partial charge >= 0.3 is 0 Å². The van der Waals surface area contributed by atoms with Crippen molar-refractivity contribution in [2.45, 2.75) is 24.6 Å². The molecule has 0 bridgehead atoms. The van der Waals surface area contributed by atoms with Crippen LogP contribution >= 0.6 is 23.1 Å². The smallest absolute Gasteiger partial charge is 0.230 e. The number of amides is 1. The average molecular weight is 415 g/mol. The molecule has 1 aromatic heterocycles. The first-order valence-electron chi connectivity index (χ1n) is 8.64. The number of benzene rings is 2. The Labute approximate surface area is 171 Å². The van der Waals surface area contributed by atoms with Crippen LogP contribution < -0.4 is 5.32 Å². The quantitative estimate of drug-likeness (QED) is 0.434. The number of nitrogens with zero attached hydrogens (tertiary/aromatic N) is 1. The summed E-state index contributed by atoms with van der Waals surface area (Å²) < 4.78 is 13.7. The number of aryl methyl sites for hydroxylation is 1. The molecule has 0 atom stereocenters. The van der Waals surface area contributed by atoms with Crippen LogP contribution in [-0.4, -0.2) is 22.4 Å². The molecular weight excluding hydrogens is 395 g/mol. The molecule has 0 aliphatic rings. The van der Waals surface area contributed by atoms with E-state index in [2.05, 4.69) is 10.3 Å². The lowest BCUT2D eigenvalue weighted by Gasteiger charge is -2.09. The normalized spacial score (nSPS) is 10.7. The number of thioether (sulfide) groups is 1. The Morgan fingerprint density at radius 1 is 1.14 bits per heavy atom. The molecule has 144 valence electrons. The summed E-state index contributed by atoms with van der Waals surface area (Å²) in [6, 6.07) is 11.3. The number of hydrogen-bond donors (Lipinski definition) is 1. The molecule has 3 aromatic rings. The van der Waals surface area contributed by atoms with E-state index in [0.717, 1.165) is 21.2 Å². The van der Waals surface area contributed by atoms with E-state index in [1.165, 1.54) is 47.4 Å². The largest absolute Gasteiger partial charge is 0.325 e. The average Bonchev–Trinajstić information content (AvgIpc) is 3.11. The lowest BCUT2D eigenvalue weighted by atomic mass is 10.1. The van der Waals surface area contributed by atoms with Gasteiger partial charge in [-0.2, -0.15) is 0 Å².